The van der Waals surface area contributed by atoms with Crippen LogP contribution in [-0.2, 0) is 4.79 Å². The second kappa shape index (κ2) is 7.94. The predicted molar refractivity (Wildman–Crippen MR) is 77.2 cm³/mol. The Balaban J connectivity index is 1.62. The topological polar surface area (TPSA) is 52.8 Å². The summed E-state index contributed by atoms with van der Waals surface area (Å²) in [5, 5.41) is 0. The maximum absolute atomic E-state index is 10.5. The van der Waals surface area contributed by atoms with Crippen molar-refractivity contribution in [2.24, 2.45) is 11.7 Å². The van der Waals surface area contributed by atoms with Crippen LogP contribution in [0.5, 0.6) is 0 Å². The molecule has 2 saturated heterocycles. The molecule has 0 atom stereocenters. The first-order chi connectivity index (χ1) is 9.31. The van der Waals surface area contributed by atoms with Gasteiger partial charge in [-0.15, -0.1) is 0 Å². The number of carbonyl (C=O) groups is 1. The molecule has 0 spiro atoms. The molecule has 0 aromatic carbocycles. The van der Waals surface area contributed by atoms with Crippen LogP contribution in [0, 0.1) is 5.92 Å². The number of hydrogen-bond acceptors (Lipinski definition) is 5. The number of aldehydes is 1. The van der Waals surface area contributed by atoms with Crippen LogP contribution in [-0.4, -0.2) is 86.4 Å². The molecule has 0 radical (unpaired) electrons. The molecule has 0 unspecified atom stereocenters. The molecular formula is C14H28N4O. The van der Waals surface area contributed by atoms with E-state index in [1.54, 1.807) is 0 Å². The van der Waals surface area contributed by atoms with Crippen molar-refractivity contribution in [2.75, 3.05) is 65.4 Å². The van der Waals surface area contributed by atoms with E-state index in [2.05, 4.69) is 14.7 Å². The molecule has 2 fully saturated rings. The Bertz CT molecular complexity index is 258. The van der Waals surface area contributed by atoms with E-state index in [1.165, 1.54) is 32.5 Å². The third kappa shape index (κ3) is 4.84. The van der Waals surface area contributed by atoms with Crippen LogP contribution in [0.2, 0.25) is 0 Å². The molecule has 0 amide bonds. The van der Waals surface area contributed by atoms with Crippen molar-refractivity contribution < 1.29 is 4.79 Å². The normalized spacial score (nSPS) is 24.7. The summed E-state index contributed by atoms with van der Waals surface area (Å²) in [7, 11) is 0. The number of piperidine rings is 1. The van der Waals surface area contributed by atoms with Gasteiger partial charge in [-0.2, -0.15) is 0 Å². The number of piperazine rings is 1. The minimum Gasteiger partial charge on any atom is -0.329 e. The molecule has 2 N–H and O–H groups in total. The lowest BCUT2D eigenvalue weighted by molar-refractivity contribution is -0.109. The van der Waals surface area contributed by atoms with Crippen LogP contribution in [0.3, 0.4) is 0 Å². The maximum Gasteiger partial charge on any atom is 0.133 e. The van der Waals surface area contributed by atoms with Crippen molar-refractivity contribution in [3.8, 4) is 0 Å². The van der Waals surface area contributed by atoms with E-state index in [0.717, 1.165) is 51.5 Å². The average molecular weight is 268 g/mol. The first kappa shape index (κ1) is 14.9. The molecular weight excluding hydrogens is 240 g/mol. The zero-order valence-corrected chi connectivity index (χ0v) is 12.0. The SMILES string of the molecule is NCCN1CCC(CN2CCN(CC=O)CC2)CC1. The van der Waals surface area contributed by atoms with Gasteiger partial charge in [-0.1, -0.05) is 0 Å². The van der Waals surface area contributed by atoms with Crippen LogP contribution in [0.25, 0.3) is 0 Å². The Morgan fingerprint density at radius 3 is 2.16 bits per heavy atom. The maximum atomic E-state index is 10.5. The molecule has 19 heavy (non-hydrogen) atoms. The first-order valence-corrected chi connectivity index (χ1v) is 7.62. The second-order valence-corrected chi connectivity index (χ2v) is 5.84. The Labute approximate surface area is 116 Å². The van der Waals surface area contributed by atoms with E-state index in [1.807, 2.05) is 0 Å². The predicted octanol–water partition coefficient (Wildman–Crippen LogP) is -0.526. The van der Waals surface area contributed by atoms with Crippen molar-refractivity contribution >= 4 is 6.29 Å². The summed E-state index contributed by atoms with van der Waals surface area (Å²) in [6, 6.07) is 0. The van der Waals surface area contributed by atoms with Crippen LogP contribution in [0.1, 0.15) is 12.8 Å². The van der Waals surface area contributed by atoms with Crippen LogP contribution < -0.4 is 5.73 Å². The zero-order valence-electron chi connectivity index (χ0n) is 12.0. The molecule has 0 aromatic heterocycles. The van der Waals surface area contributed by atoms with Crippen LogP contribution in [0.15, 0.2) is 0 Å². The average Bonchev–Trinajstić information content (AvgIpc) is 2.44. The highest BCUT2D eigenvalue weighted by Gasteiger charge is 2.23. The highest BCUT2D eigenvalue weighted by Crippen LogP contribution is 2.18. The molecule has 0 saturated carbocycles. The van der Waals surface area contributed by atoms with E-state index < -0.39 is 0 Å². The summed E-state index contributed by atoms with van der Waals surface area (Å²) in [5.74, 6) is 0.853. The Morgan fingerprint density at radius 1 is 0.947 bits per heavy atom. The molecule has 2 rings (SSSR count). The van der Waals surface area contributed by atoms with Gasteiger partial charge in [0.15, 0.2) is 0 Å². The van der Waals surface area contributed by atoms with E-state index in [4.69, 9.17) is 5.73 Å². The second-order valence-electron chi connectivity index (χ2n) is 5.84. The summed E-state index contributed by atoms with van der Waals surface area (Å²) < 4.78 is 0. The fraction of sp³-hybridized carbons (Fsp3) is 0.929. The van der Waals surface area contributed by atoms with Gasteiger partial charge in [-0.25, -0.2) is 0 Å². The molecule has 2 aliphatic heterocycles. The molecule has 2 heterocycles. The third-order valence-corrected chi connectivity index (χ3v) is 4.47. The molecule has 110 valence electrons. The van der Waals surface area contributed by atoms with E-state index in [-0.39, 0.29) is 0 Å². The fourth-order valence-corrected chi connectivity index (χ4v) is 3.20. The van der Waals surface area contributed by atoms with Crippen molar-refractivity contribution in [1.82, 2.24) is 14.7 Å². The smallest absolute Gasteiger partial charge is 0.133 e. The Kier molecular flexibility index (Phi) is 6.23. The molecule has 0 aromatic rings. The van der Waals surface area contributed by atoms with Crippen molar-refractivity contribution in [1.29, 1.82) is 0 Å². The Morgan fingerprint density at radius 2 is 1.58 bits per heavy atom. The largest absolute Gasteiger partial charge is 0.329 e. The standard InChI is InChI=1S/C14H28N4O/c15-3-6-16-4-1-14(2-5-16)13-18-9-7-17(8-10-18)11-12-19/h12,14H,1-11,13,15H2. The fourth-order valence-electron chi connectivity index (χ4n) is 3.20. The van der Waals surface area contributed by atoms with Gasteiger partial charge in [0.25, 0.3) is 0 Å². The molecule has 0 bridgehead atoms. The summed E-state index contributed by atoms with van der Waals surface area (Å²) in [5.41, 5.74) is 5.60. The summed E-state index contributed by atoms with van der Waals surface area (Å²) in [6.45, 7) is 10.4. The lowest BCUT2D eigenvalue weighted by atomic mass is 9.96. The number of hydrogen-bond donors (Lipinski definition) is 1. The third-order valence-electron chi connectivity index (χ3n) is 4.47. The number of nitrogens with zero attached hydrogens (tertiary/aromatic N) is 3. The quantitative estimate of drug-likeness (QED) is 0.657. The van der Waals surface area contributed by atoms with Gasteiger partial charge in [0.05, 0.1) is 6.54 Å². The first-order valence-electron chi connectivity index (χ1n) is 7.62. The van der Waals surface area contributed by atoms with Crippen molar-refractivity contribution in [3.63, 3.8) is 0 Å². The highest BCUT2D eigenvalue weighted by molar-refractivity contribution is 5.51. The molecule has 0 aliphatic carbocycles. The van der Waals surface area contributed by atoms with Crippen LogP contribution >= 0.6 is 0 Å². The van der Waals surface area contributed by atoms with E-state index >= 15 is 0 Å². The summed E-state index contributed by atoms with van der Waals surface area (Å²) in [6.07, 6.45) is 3.64. The van der Waals surface area contributed by atoms with E-state index in [0.29, 0.717) is 6.54 Å². The van der Waals surface area contributed by atoms with Gasteiger partial charge in [0.1, 0.15) is 6.29 Å². The van der Waals surface area contributed by atoms with Gasteiger partial charge in [-0.05, 0) is 31.8 Å². The zero-order chi connectivity index (χ0) is 13.5. The number of nitrogens with two attached hydrogens (primary N) is 1. The summed E-state index contributed by atoms with van der Waals surface area (Å²) in [4.78, 5) is 17.8. The molecule has 5 nitrogen and oxygen atoms in total. The number of carbonyl (C=O) groups excluding carboxylic acids is 1. The van der Waals surface area contributed by atoms with Crippen molar-refractivity contribution in [3.05, 3.63) is 0 Å². The molecule has 5 heteroatoms. The minimum atomic E-state index is 0.602. The minimum absolute atomic E-state index is 0.602. The summed E-state index contributed by atoms with van der Waals surface area (Å²) >= 11 is 0. The van der Waals surface area contributed by atoms with Gasteiger partial charge < -0.3 is 20.3 Å². The lowest BCUT2D eigenvalue weighted by Gasteiger charge is -2.38. The Hall–Kier alpha value is -0.490. The number of likely N-dealkylation sites (tertiary alicyclic amines) is 1. The van der Waals surface area contributed by atoms with E-state index in [9.17, 15) is 4.79 Å². The highest BCUT2D eigenvalue weighted by atomic mass is 16.1. The van der Waals surface area contributed by atoms with Gasteiger partial charge in [0, 0.05) is 45.8 Å². The van der Waals surface area contributed by atoms with Gasteiger partial charge >= 0.3 is 0 Å². The van der Waals surface area contributed by atoms with Gasteiger partial charge in [0.2, 0.25) is 0 Å². The lowest BCUT2D eigenvalue weighted by Crippen LogP contribution is -2.49. The monoisotopic (exact) mass is 268 g/mol. The van der Waals surface area contributed by atoms with Crippen molar-refractivity contribution in [2.45, 2.75) is 12.8 Å². The van der Waals surface area contributed by atoms with Gasteiger partial charge in [-0.3, -0.25) is 4.90 Å². The van der Waals surface area contributed by atoms with Crippen LogP contribution in [0.4, 0.5) is 0 Å². The number of rotatable bonds is 6. The molecule has 2 aliphatic rings.